The van der Waals surface area contributed by atoms with Gasteiger partial charge < -0.3 is 19.8 Å². The van der Waals surface area contributed by atoms with E-state index in [1.807, 2.05) is 0 Å². The first-order valence-electron chi connectivity index (χ1n) is 3.78. The van der Waals surface area contributed by atoms with Crippen molar-refractivity contribution in [1.82, 2.24) is 9.55 Å². The molecule has 0 aliphatic rings. The molecule has 0 spiro atoms. The minimum Gasteiger partial charge on any atom is -0.396 e. The van der Waals surface area contributed by atoms with Gasteiger partial charge in [-0.3, -0.25) is 0 Å². The van der Waals surface area contributed by atoms with Gasteiger partial charge in [0.2, 0.25) is 0 Å². The van der Waals surface area contributed by atoms with Crippen molar-refractivity contribution in [3.8, 4) is 0 Å². The highest BCUT2D eigenvalue weighted by atomic mass is 32.1. The zero-order valence-electron chi connectivity index (χ0n) is 6.66. The molecule has 3 N–H and O–H groups in total. The Morgan fingerprint density at radius 2 is 2.25 bits per heavy atom. The van der Waals surface area contributed by atoms with E-state index in [0.717, 1.165) is 5.69 Å². The molecule has 5 heteroatoms. The third-order valence-corrected chi connectivity index (χ3v) is 1.99. The number of hydrogen-bond donors (Lipinski definition) is 3. The summed E-state index contributed by atoms with van der Waals surface area (Å²) < 4.78 is 2.37. The van der Waals surface area contributed by atoms with E-state index < -0.39 is 0 Å². The molecular weight excluding hydrogens is 176 g/mol. The number of nitrogens with one attached hydrogen (secondary N) is 1. The first kappa shape index (κ1) is 9.44. The summed E-state index contributed by atoms with van der Waals surface area (Å²) in [7, 11) is 0. The first-order valence-corrected chi connectivity index (χ1v) is 4.19. The lowest BCUT2D eigenvalue weighted by atomic mass is 10.4. The summed E-state index contributed by atoms with van der Waals surface area (Å²) in [6, 6.07) is 0. The van der Waals surface area contributed by atoms with Gasteiger partial charge in [0, 0.05) is 19.3 Å². The molecule has 0 unspecified atom stereocenters. The second kappa shape index (κ2) is 4.39. The van der Waals surface area contributed by atoms with E-state index in [1.165, 1.54) is 0 Å². The fourth-order valence-electron chi connectivity index (χ4n) is 1.04. The van der Waals surface area contributed by atoms with Gasteiger partial charge in [-0.1, -0.05) is 0 Å². The molecule has 12 heavy (non-hydrogen) atoms. The van der Waals surface area contributed by atoms with Gasteiger partial charge in [0.1, 0.15) is 0 Å². The Morgan fingerprint density at radius 3 is 2.83 bits per heavy atom. The van der Waals surface area contributed by atoms with Gasteiger partial charge >= 0.3 is 0 Å². The Balaban J connectivity index is 2.79. The smallest absolute Gasteiger partial charge is 0.177 e. The number of aliphatic hydroxyl groups excluding tert-OH is 2. The molecule has 0 saturated heterocycles. The van der Waals surface area contributed by atoms with Crippen molar-refractivity contribution in [1.29, 1.82) is 0 Å². The average molecular weight is 188 g/mol. The Morgan fingerprint density at radius 1 is 1.50 bits per heavy atom. The predicted octanol–water partition coefficient (Wildman–Crippen LogP) is 0.420. The van der Waals surface area contributed by atoms with Crippen LogP contribution in [0.2, 0.25) is 0 Å². The van der Waals surface area contributed by atoms with Gasteiger partial charge in [0.05, 0.1) is 12.3 Å². The maximum Gasteiger partial charge on any atom is 0.177 e. The first-order chi connectivity index (χ1) is 5.79. The SMILES string of the molecule is OCCCn1c(CO)c[nH]c1=S. The van der Waals surface area contributed by atoms with Crippen molar-refractivity contribution >= 4 is 12.2 Å². The standard InChI is InChI=1S/C7H12N2O2S/c10-3-1-2-9-6(5-11)4-8-7(9)12/h4,10-11H,1-3,5H2,(H,8,12). The minimum absolute atomic E-state index is 0.0292. The van der Waals surface area contributed by atoms with Crippen molar-refractivity contribution in [3.05, 3.63) is 16.7 Å². The Labute approximate surface area is 75.5 Å². The molecule has 1 rings (SSSR count). The number of aliphatic hydroxyl groups is 2. The molecule has 68 valence electrons. The second-order valence-electron chi connectivity index (χ2n) is 2.47. The third kappa shape index (κ3) is 1.94. The summed E-state index contributed by atoms with van der Waals surface area (Å²) in [6.45, 7) is 0.755. The normalized spacial score (nSPS) is 10.5. The number of rotatable bonds is 4. The van der Waals surface area contributed by atoms with Crippen LogP contribution in [0.25, 0.3) is 0 Å². The molecule has 0 aliphatic heterocycles. The maximum absolute atomic E-state index is 8.88. The molecule has 0 fully saturated rings. The third-order valence-electron chi connectivity index (χ3n) is 1.66. The quantitative estimate of drug-likeness (QED) is 0.600. The van der Waals surface area contributed by atoms with Crippen LogP contribution < -0.4 is 0 Å². The van der Waals surface area contributed by atoms with E-state index in [2.05, 4.69) is 4.98 Å². The molecular formula is C7H12N2O2S. The molecule has 0 radical (unpaired) electrons. The fourth-order valence-corrected chi connectivity index (χ4v) is 1.30. The van der Waals surface area contributed by atoms with Crippen LogP contribution in [-0.4, -0.2) is 26.4 Å². The number of imidazole rings is 1. The van der Waals surface area contributed by atoms with Crippen LogP contribution >= 0.6 is 12.2 Å². The summed E-state index contributed by atoms with van der Waals surface area (Å²) in [5.41, 5.74) is 0.758. The van der Waals surface area contributed by atoms with Gasteiger partial charge in [-0.15, -0.1) is 0 Å². The zero-order valence-corrected chi connectivity index (χ0v) is 7.47. The minimum atomic E-state index is -0.0292. The lowest BCUT2D eigenvalue weighted by Crippen LogP contribution is -2.04. The molecule has 1 aromatic rings. The average Bonchev–Trinajstić information content (AvgIpc) is 2.43. The number of hydrogen-bond acceptors (Lipinski definition) is 3. The van der Waals surface area contributed by atoms with Crippen LogP contribution in [0.15, 0.2) is 6.20 Å². The number of aromatic nitrogens is 2. The molecule has 1 aromatic heterocycles. The van der Waals surface area contributed by atoms with Crippen LogP contribution in [0, 0.1) is 4.77 Å². The molecule has 0 aromatic carbocycles. The Hall–Kier alpha value is -0.650. The lowest BCUT2D eigenvalue weighted by Gasteiger charge is -2.03. The van der Waals surface area contributed by atoms with Crippen LogP contribution in [0.3, 0.4) is 0 Å². The predicted molar refractivity (Wildman–Crippen MR) is 47.2 cm³/mol. The fraction of sp³-hybridized carbons (Fsp3) is 0.571. The van der Waals surface area contributed by atoms with Gasteiger partial charge in [-0.25, -0.2) is 0 Å². The van der Waals surface area contributed by atoms with Crippen molar-refractivity contribution in [2.45, 2.75) is 19.6 Å². The van der Waals surface area contributed by atoms with E-state index in [4.69, 9.17) is 22.4 Å². The molecule has 0 aliphatic carbocycles. The summed E-state index contributed by atoms with van der Waals surface area (Å²) in [4.78, 5) is 2.83. The zero-order chi connectivity index (χ0) is 8.97. The van der Waals surface area contributed by atoms with E-state index >= 15 is 0 Å². The van der Waals surface area contributed by atoms with Crippen LogP contribution in [0.5, 0.6) is 0 Å². The van der Waals surface area contributed by atoms with Crippen LogP contribution in [-0.2, 0) is 13.2 Å². The van der Waals surface area contributed by atoms with E-state index in [1.54, 1.807) is 10.8 Å². The topological polar surface area (TPSA) is 61.2 Å². The highest BCUT2D eigenvalue weighted by Crippen LogP contribution is 2.02. The molecule has 0 amide bonds. The molecule has 1 heterocycles. The monoisotopic (exact) mass is 188 g/mol. The number of nitrogens with zero attached hydrogens (tertiary/aromatic N) is 1. The van der Waals surface area contributed by atoms with E-state index in [9.17, 15) is 0 Å². The summed E-state index contributed by atoms with van der Waals surface area (Å²) in [5, 5.41) is 17.5. The number of H-pyrrole nitrogens is 1. The van der Waals surface area contributed by atoms with Crippen LogP contribution in [0.4, 0.5) is 0 Å². The summed E-state index contributed by atoms with van der Waals surface area (Å²) >= 11 is 4.97. The maximum atomic E-state index is 8.88. The van der Waals surface area contributed by atoms with Crippen LogP contribution in [0.1, 0.15) is 12.1 Å². The molecule has 0 saturated carbocycles. The highest BCUT2D eigenvalue weighted by molar-refractivity contribution is 7.71. The Kier molecular flexibility index (Phi) is 3.46. The van der Waals surface area contributed by atoms with Crippen molar-refractivity contribution in [2.24, 2.45) is 0 Å². The Bertz CT molecular complexity index is 292. The van der Waals surface area contributed by atoms with Gasteiger partial charge in [0.15, 0.2) is 4.77 Å². The number of aromatic amines is 1. The summed E-state index contributed by atoms with van der Waals surface area (Å²) in [6.07, 6.45) is 2.33. The van der Waals surface area contributed by atoms with Gasteiger partial charge in [-0.2, -0.15) is 0 Å². The molecule has 0 atom stereocenters. The van der Waals surface area contributed by atoms with E-state index in [0.29, 0.717) is 17.7 Å². The van der Waals surface area contributed by atoms with Gasteiger partial charge in [0.25, 0.3) is 0 Å². The lowest BCUT2D eigenvalue weighted by molar-refractivity contribution is 0.259. The van der Waals surface area contributed by atoms with Crippen molar-refractivity contribution < 1.29 is 10.2 Å². The summed E-state index contributed by atoms with van der Waals surface area (Å²) in [5.74, 6) is 0. The molecule has 4 nitrogen and oxygen atoms in total. The molecule has 0 bridgehead atoms. The van der Waals surface area contributed by atoms with Gasteiger partial charge in [-0.05, 0) is 18.6 Å². The highest BCUT2D eigenvalue weighted by Gasteiger charge is 2.00. The van der Waals surface area contributed by atoms with E-state index in [-0.39, 0.29) is 13.2 Å². The largest absolute Gasteiger partial charge is 0.396 e. The van der Waals surface area contributed by atoms with Crippen molar-refractivity contribution in [2.75, 3.05) is 6.61 Å². The van der Waals surface area contributed by atoms with Crippen molar-refractivity contribution in [3.63, 3.8) is 0 Å². The second-order valence-corrected chi connectivity index (χ2v) is 2.86.